The Morgan fingerprint density at radius 3 is 2.81 bits per heavy atom. The Kier molecular flexibility index (Phi) is 4.08. The van der Waals surface area contributed by atoms with E-state index in [9.17, 15) is 8.42 Å². The van der Waals surface area contributed by atoms with Gasteiger partial charge in [-0.25, -0.2) is 8.42 Å². The quantitative estimate of drug-likeness (QED) is 0.684. The molecule has 26 heavy (non-hydrogen) atoms. The van der Waals surface area contributed by atoms with E-state index < -0.39 is 16.1 Å². The summed E-state index contributed by atoms with van der Waals surface area (Å²) in [5.74, 6) is 0.565. The van der Waals surface area contributed by atoms with Gasteiger partial charge in [0, 0.05) is 19.8 Å². The van der Waals surface area contributed by atoms with Gasteiger partial charge < -0.3 is 4.42 Å². The van der Waals surface area contributed by atoms with Crippen molar-refractivity contribution in [3.8, 4) is 11.6 Å². The number of hydrogen-bond acceptors (Lipinski definition) is 7. The van der Waals surface area contributed by atoms with Crippen molar-refractivity contribution in [1.82, 2.24) is 29.3 Å². The lowest BCUT2D eigenvalue weighted by Gasteiger charge is -2.21. The Hall–Kier alpha value is -2.59. The first-order chi connectivity index (χ1) is 12.5. The van der Waals surface area contributed by atoms with Crippen molar-refractivity contribution in [1.29, 1.82) is 0 Å². The van der Waals surface area contributed by atoms with Gasteiger partial charge in [0.05, 0.1) is 11.9 Å². The van der Waals surface area contributed by atoms with E-state index in [-0.39, 0.29) is 16.7 Å². The van der Waals surface area contributed by atoms with Crippen molar-refractivity contribution in [2.45, 2.75) is 30.7 Å². The highest BCUT2D eigenvalue weighted by molar-refractivity contribution is 7.89. The van der Waals surface area contributed by atoms with Gasteiger partial charge in [0.2, 0.25) is 15.9 Å². The van der Waals surface area contributed by atoms with E-state index in [1.54, 1.807) is 37.0 Å². The maximum absolute atomic E-state index is 13.1. The van der Waals surface area contributed by atoms with Crippen molar-refractivity contribution >= 4 is 10.0 Å². The second kappa shape index (κ2) is 6.29. The van der Waals surface area contributed by atoms with Crippen LogP contribution >= 0.6 is 0 Å². The summed E-state index contributed by atoms with van der Waals surface area (Å²) in [6, 6.07) is 4.90. The normalized spacial score (nSPS) is 18.5. The minimum atomic E-state index is -3.69. The number of pyridine rings is 1. The summed E-state index contributed by atoms with van der Waals surface area (Å²) in [4.78, 5) is 4.38. The Morgan fingerprint density at radius 1 is 1.27 bits per heavy atom. The fourth-order valence-electron chi connectivity index (χ4n) is 3.09. The van der Waals surface area contributed by atoms with E-state index in [2.05, 4.69) is 20.3 Å². The zero-order valence-corrected chi connectivity index (χ0v) is 15.2. The van der Waals surface area contributed by atoms with Crippen LogP contribution in [0.2, 0.25) is 0 Å². The molecule has 0 N–H and O–H groups in total. The van der Waals surface area contributed by atoms with E-state index in [0.717, 1.165) is 6.42 Å². The predicted octanol–water partition coefficient (Wildman–Crippen LogP) is 1.70. The lowest BCUT2D eigenvalue weighted by molar-refractivity contribution is 0.332. The smallest absolute Gasteiger partial charge is 0.266 e. The van der Waals surface area contributed by atoms with E-state index in [0.29, 0.717) is 24.4 Å². The summed E-state index contributed by atoms with van der Waals surface area (Å²) in [6.07, 6.45) is 4.37. The van der Waals surface area contributed by atoms with Crippen LogP contribution in [-0.4, -0.2) is 44.2 Å². The van der Waals surface area contributed by atoms with Gasteiger partial charge in [0.1, 0.15) is 16.6 Å². The van der Waals surface area contributed by atoms with Gasteiger partial charge in [-0.1, -0.05) is 6.07 Å². The molecule has 1 saturated heterocycles. The van der Waals surface area contributed by atoms with Crippen LogP contribution in [0.4, 0.5) is 0 Å². The summed E-state index contributed by atoms with van der Waals surface area (Å²) >= 11 is 0. The molecule has 0 saturated carbocycles. The van der Waals surface area contributed by atoms with Gasteiger partial charge in [0.25, 0.3) is 5.89 Å². The second-order valence-electron chi connectivity index (χ2n) is 6.15. The number of nitrogens with zero attached hydrogens (tertiary/aromatic N) is 6. The minimum absolute atomic E-state index is 0.205. The van der Waals surface area contributed by atoms with Crippen LogP contribution in [-0.2, 0) is 17.1 Å². The first-order valence-electron chi connectivity index (χ1n) is 8.24. The third-order valence-electron chi connectivity index (χ3n) is 4.59. The number of rotatable bonds is 4. The molecule has 9 nitrogen and oxygen atoms in total. The van der Waals surface area contributed by atoms with Crippen LogP contribution in [0.25, 0.3) is 11.6 Å². The summed E-state index contributed by atoms with van der Waals surface area (Å²) in [7, 11) is -1.98. The molecule has 1 atom stereocenters. The molecule has 0 aliphatic carbocycles. The number of hydrogen-bond donors (Lipinski definition) is 0. The molecule has 3 aromatic heterocycles. The van der Waals surface area contributed by atoms with E-state index in [1.807, 2.05) is 6.07 Å². The van der Waals surface area contributed by atoms with Crippen molar-refractivity contribution in [2.24, 2.45) is 7.05 Å². The standard InChI is InChI=1S/C16H18N6O3S/c1-11-14(10-18-21(11)2)26(23,24)22-9-5-7-13(22)16-20-19-15(25-16)12-6-3-4-8-17-12/h3-4,6,8,10,13H,5,7,9H2,1-2H3. The van der Waals surface area contributed by atoms with Crippen LogP contribution in [0.15, 0.2) is 39.9 Å². The predicted molar refractivity (Wildman–Crippen MR) is 91.3 cm³/mol. The molecule has 3 aromatic rings. The van der Waals surface area contributed by atoms with Crippen molar-refractivity contribution in [3.63, 3.8) is 0 Å². The van der Waals surface area contributed by atoms with Gasteiger partial charge >= 0.3 is 0 Å². The molecule has 4 heterocycles. The molecular weight excluding hydrogens is 356 g/mol. The monoisotopic (exact) mass is 374 g/mol. The molecular formula is C16H18N6O3S. The van der Waals surface area contributed by atoms with Gasteiger partial charge in [-0.2, -0.15) is 9.40 Å². The first kappa shape index (κ1) is 16.9. The van der Waals surface area contributed by atoms with E-state index in [1.165, 1.54) is 10.5 Å². The zero-order chi connectivity index (χ0) is 18.3. The Balaban J connectivity index is 1.67. The highest BCUT2D eigenvalue weighted by atomic mass is 32.2. The maximum atomic E-state index is 13.1. The average molecular weight is 374 g/mol. The Labute approximate surface area is 150 Å². The third kappa shape index (κ3) is 2.71. The van der Waals surface area contributed by atoms with Crippen LogP contribution in [0.1, 0.15) is 30.5 Å². The lowest BCUT2D eigenvalue weighted by Crippen LogP contribution is -2.31. The largest absolute Gasteiger partial charge is 0.417 e. The number of aryl methyl sites for hydroxylation is 1. The molecule has 1 fully saturated rings. The van der Waals surface area contributed by atoms with E-state index in [4.69, 9.17) is 4.42 Å². The molecule has 0 radical (unpaired) electrons. The molecule has 10 heteroatoms. The van der Waals surface area contributed by atoms with Gasteiger partial charge in [-0.15, -0.1) is 10.2 Å². The topological polar surface area (TPSA) is 107 Å². The van der Waals surface area contributed by atoms with Crippen molar-refractivity contribution in [3.05, 3.63) is 42.2 Å². The molecule has 4 rings (SSSR count). The Bertz CT molecular complexity index is 1030. The molecule has 0 aromatic carbocycles. The van der Waals surface area contributed by atoms with Gasteiger partial charge in [0.15, 0.2) is 0 Å². The maximum Gasteiger partial charge on any atom is 0.266 e. The minimum Gasteiger partial charge on any atom is -0.417 e. The summed E-state index contributed by atoms with van der Waals surface area (Å²) < 4.78 is 34.9. The SMILES string of the molecule is Cc1c(S(=O)(=O)N2CCCC2c2nnc(-c3ccccn3)o2)cnn1C. The first-order valence-corrected chi connectivity index (χ1v) is 9.68. The zero-order valence-electron chi connectivity index (χ0n) is 14.4. The molecule has 1 aliphatic heterocycles. The lowest BCUT2D eigenvalue weighted by atomic mass is 10.2. The molecule has 0 bridgehead atoms. The number of aromatic nitrogens is 5. The van der Waals surface area contributed by atoms with Gasteiger partial charge in [-0.05, 0) is 31.9 Å². The van der Waals surface area contributed by atoms with Gasteiger partial charge in [-0.3, -0.25) is 9.67 Å². The van der Waals surface area contributed by atoms with Crippen LogP contribution in [0, 0.1) is 6.92 Å². The molecule has 136 valence electrons. The van der Waals surface area contributed by atoms with Crippen molar-refractivity contribution in [2.75, 3.05) is 6.54 Å². The summed E-state index contributed by atoms with van der Waals surface area (Å²) in [5, 5.41) is 12.1. The molecule has 0 spiro atoms. The highest BCUT2D eigenvalue weighted by Crippen LogP contribution is 2.37. The number of sulfonamides is 1. The molecule has 0 amide bonds. The van der Waals surface area contributed by atoms with Crippen molar-refractivity contribution < 1.29 is 12.8 Å². The fourth-order valence-corrected chi connectivity index (χ4v) is 4.93. The van der Waals surface area contributed by atoms with E-state index >= 15 is 0 Å². The molecule has 1 aliphatic rings. The second-order valence-corrected chi connectivity index (χ2v) is 8.01. The average Bonchev–Trinajstić information content (AvgIpc) is 3.36. The highest BCUT2D eigenvalue weighted by Gasteiger charge is 2.40. The van der Waals surface area contributed by atoms with Crippen LogP contribution in [0.3, 0.4) is 0 Å². The Morgan fingerprint density at radius 2 is 2.12 bits per heavy atom. The fraction of sp³-hybridized carbons (Fsp3) is 0.375. The summed E-state index contributed by atoms with van der Waals surface area (Å²) in [5.41, 5.74) is 1.15. The van der Waals surface area contributed by atoms with Crippen LogP contribution in [0.5, 0.6) is 0 Å². The summed E-state index contributed by atoms with van der Waals surface area (Å²) in [6.45, 7) is 2.14. The third-order valence-corrected chi connectivity index (χ3v) is 6.60. The molecule has 1 unspecified atom stereocenters. The van der Waals surface area contributed by atoms with Crippen LogP contribution < -0.4 is 0 Å².